The first-order chi connectivity index (χ1) is 10.9. The third kappa shape index (κ3) is 3.56. The maximum atomic E-state index is 12.5. The highest BCUT2D eigenvalue weighted by molar-refractivity contribution is 7.86. The van der Waals surface area contributed by atoms with E-state index in [1.165, 1.54) is 22.7 Å². The van der Waals surface area contributed by atoms with E-state index < -0.39 is 16.1 Å². The number of carbonyl (C=O) groups is 1. The third-order valence-electron chi connectivity index (χ3n) is 4.40. The molecule has 2 heterocycles. The van der Waals surface area contributed by atoms with Gasteiger partial charge in [-0.2, -0.15) is 17.0 Å². The molecule has 0 saturated heterocycles. The van der Waals surface area contributed by atoms with Crippen molar-refractivity contribution in [3.05, 3.63) is 18.2 Å². The molecule has 23 heavy (non-hydrogen) atoms. The normalized spacial score (nSPS) is 22.7. The molecule has 1 unspecified atom stereocenters. The van der Waals surface area contributed by atoms with Crippen LogP contribution in [-0.4, -0.2) is 59.7 Å². The Balaban J connectivity index is 1.80. The van der Waals surface area contributed by atoms with E-state index in [9.17, 15) is 13.2 Å². The Labute approximate surface area is 136 Å². The van der Waals surface area contributed by atoms with Gasteiger partial charge in [-0.3, -0.25) is 4.79 Å². The molecule has 0 radical (unpaired) electrons. The van der Waals surface area contributed by atoms with Crippen molar-refractivity contribution in [2.75, 3.05) is 27.2 Å². The van der Waals surface area contributed by atoms with Crippen molar-refractivity contribution < 1.29 is 13.2 Å². The molecule has 3 rings (SSSR count). The molecule has 2 aliphatic rings. The van der Waals surface area contributed by atoms with Crippen LogP contribution in [0.2, 0.25) is 0 Å². The number of hydrogen-bond donors (Lipinski definition) is 1. The minimum atomic E-state index is -3.58. The van der Waals surface area contributed by atoms with Crippen molar-refractivity contribution in [2.24, 2.45) is 11.8 Å². The van der Waals surface area contributed by atoms with Crippen LogP contribution in [0.25, 0.3) is 0 Å². The van der Waals surface area contributed by atoms with Crippen molar-refractivity contribution >= 4 is 16.1 Å². The lowest BCUT2D eigenvalue weighted by molar-refractivity contribution is -0.125. The Bertz CT molecular complexity index is 680. The third-order valence-corrected chi connectivity index (χ3v) is 6.25. The van der Waals surface area contributed by atoms with Gasteiger partial charge in [-0.25, -0.2) is 4.98 Å². The van der Waals surface area contributed by atoms with E-state index in [-0.39, 0.29) is 19.0 Å². The first-order valence-corrected chi connectivity index (χ1v) is 9.22. The summed E-state index contributed by atoms with van der Waals surface area (Å²) < 4.78 is 29.4. The van der Waals surface area contributed by atoms with Gasteiger partial charge >= 0.3 is 0 Å². The maximum Gasteiger partial charge on any atom is 0.281 e. The van der Waals surface area contributed by atoms with Crippen LogP contribution in [0.15, 0.2) is 12.5 Å². The molecule has 9 heteroatoms. The summed E-state index contributed by atoms with van der Waals surface area (Å²) in [6.45, 7) is 1.55. The van der Waals surface area contributed by atoms with Crippen molar-refractivity contribution in [3.63, 3.8) is 0 Å². The van der Waals surface area contributed by atoms with Crippen LogP contribution >= 0.6 is 0 Å². The lowest BCUT2D eigenvalue weighted by atomic mass is 10.1. The molecule has 128 valence electrons. The molecule has 1 aromatic rings. The first kappa shape index (κ1) is 16.4. The standard InChI is InChI=1S/C14H23N5O3S/c1-17(2)23(21,22)19-8-12(14(20)16-5-11-3-4-11)7-18-10-15-6-13(18)9-19/h6,10-12H,3-5,7-9H2,1-2H3,(H,16,20). The summed E-state index contributed by atoms with van der Waals surface area (Å²) in [5, 5.41) is 2.96. The molecular formula is C14H23N5O3S. The average molecular weight is 341 g/mol. The first-order valence-electron chi connectivity index (χ1n) is 7.82. The number of imidazole rings is 1. The highest BCUT2D eigenvalue weighted by Gasteiger charge is 2.34. The molecule has 1 aliphatic carbocycles. The molecule has 1 fully saturated rings. The summed E-state index contributed by atoms with van der Waals surface area (Å²) >= 11 is 0. The van der Waals surface area contributed by atoms with Gasteiger partial charge in [0.05, 0.1) is 24.5 Å². The lowest BCUT2D eigenvalue weighted by Gasteiger charge is -2.26. The molecule has 0 bridgehead atoms. The molecule has 0 spiro atoms. The van der Waals surface area contributed by atoms with E-state index in [0.29, 0.717) is 19.0 Å². The summed E-state index contributed by atoms with van der Waals surface area (Å²) in [6.07, 6.45) is 5.64. The van der Waals surface area contributed by atoms with Crippen molar-refractivity contribution in [2.45, 2.75) is 25.9 Å². The minimum absolute atomic E-state index is 0.0857. The van der Waals surface area contributed by atoms with E-state index in [1.807, 2.05) is 4.57 Å². The van der Waals surface area contributed by atoms with Gasteiger partial charge in [0.25, 0.3) is 10.2 Å². The molecule has 1 amide bonds. The predicted octanol–water partition coefficient (Wildman–Crippen LogP) is -0.352. The van der Waals surface area contributed by atoms with Gasteiger partial charge in [0.1, 0.15) is 0 Å². The number of nitrogens with zero attached hydrogens (tertiary/aromatic N) is 4. The molecule has 1 aromatic heterocycles. The average Bonchev–Trinajstić information content (AvgIpc) is 3.26. The number of fused-ring (bicyclic) bond motifs is 1. The van der Waals surface area contributed by atoms with Gasteiger partial charge < -0.3 is 9.88 Å². The Morgan fingerprint density at radius 2 is 2.13 bits per heavy atom. The topological polar surface area (TPSA) is 87.5 Å². The van der Waals surface area contributed by atoms with Crippen LogP contribution in [-0.2, 0) is 28.1 Å². The van der Waals surface area contributed by atoms with Crippen molar-refractivity contribution in [1.29, 1.82) is 0 Å². The lowest BCUT2D eigenvalue weighted by Crippen LogP contribution is -2.45. The van der Waals surface area contributed by atoms with E-state index in [1.54, 1.807) is 12.5 Å². The number of hydrogen-bond acceptors (Lipinski definition) is 4. The number of amides is 1. The van der Waals surface area contributed by atoms with Gasteiger partial charge in [0.15, 0.2) is 0 Å². The highest BCUT2D eigenvalue weighted by Crippen LogP contribution is 2.28. The van der Waals surface area contributed by atoms with E-state index in [4.69, 9.17) is 0 Å². The fourth-order valence-electron chi connectivity index (χ4n) is 2.71. The van der Waals surface area contributed by atoms with Gasteiger partial charge in [0, 0.05) is 39.9 Å². The summed E-state index contributed by atoms with van der Waals surface area (Å²) in [6, 6.07) is 0. The van der Waals surface area contributed by atoms with Crippen LogP contribution in [0.3, 0.4) is 0 Å². The largest absolute Gasteiger partial charge is 0.355 e. The minimum Gasteiger partial charge on any atom is -0.355 e. The van der Waals surface area contributed by atoms with Crippen LogP contribution < -0.4 is 5.32 Å². The smallest absolute Gasteiger partial charge is 0.281 e. The zero-order valence-corrected chi connectivity index (χ0v) is 14.3. The number of rotatable bonds is 5. The van der Waals surface area contributed by atoms with Crippen LogP contribution in [0.4, 0.5) is 0 Å². The summed E-state index contributed by atoms with van der Waals surface area (Å²) in [5.41, 5.74) is 0.799. The highest BCUT2D eigenvalue weighted by atomic mass is 32.2. The van der Waals surface area contributed by atoms with Crippen LogP contribution in [0, 0.1) is 11.8 Å². The van der Waals surface area contributed by atoms with Crippen LogP contribution in [0.5, 0.6) is 0 Å². The fourth-order valence-corrected chi connectivity index (χ4v) is 3.84. The second kappa shape index (κ2) is 6.21. The Morgan fingerprint density at radius 1 is 1.39 bits per heavy atom. The summed E-state index contributed by atoms with van der Waals surface area (Å²) in [7, 11) is -0.584. The number of nitrogens with one attached hydrogen (secondary N) is 1. The SMILES string of the molecule is CN(C)S(=O)(=O)N1Cc2cncn2CC(C(=O)NCC2CC2)C1. The quantitative estimate of drug-likeness (QED) is 0.793. The number of aromatic nitrogens is 2. The molecule has 1 N–H and O–H groups in total. The Kier molecular flexibility index (Phi) is 4.43. The summed E-state index contributed by atoms with van der Waals surface area (Å²) in [5.74, 6) is 0.0893. The van der Waals surface area contributed by atoms with Gasteiger partial charge in [0.2, 0.25) is 5.91 Å². The zero-order valence-electron chi connectivity index (χ0n) is 13.5. The van der Waals surface area contributed by atoms with E-state index >= 15 is 0 Å². The van der Waals surface area contributed by atoms with Crippen molar-refractivity contribution in [3.8, 4) is 0 Å². The molecular weight excluding hydrogens is 318 g/mol. The van der Waals surface area contributed by atoms with E-state index in [2.05, 4.69) is 10.3 Å². The molecule has 0 aromatic carbocycles. The van der Waals surface area contributed by atoms with Crippen molar-refractivity contribution in [1.82, 2.24) is 23.5 Å². The predicted molar refractivity (Wildman–Crippen MR) is 84.5 cm³/mol. The van der Waals surface area contributed by atoms with Gasteiger partial charge in [-0.05, 0) is 18.8 Å². The van der Waals surface area contributed by atoms with Crippen LogP contribution in [0.1, 0.15) is 18.5 Å². The monoisotopic (exact) mass is 341 g/mol. The Hall–Kier alpha value is -1.45. The molecule has 8 nitrogen and oxygen atoms in total. The zero-order chi connectivity index (χ0) is 16.6. The van der Waals surface area contributed by atoms with Gasteiger partial charge in [-0.15, -0.1) is 0 Å². The van der Waals surface area contributed by atoms with Gasteiger partial charge in [-0.1, -0.05) is 0 Å². The molecule has 1 saturated carbocycles. The maximum absolute atomic E-state index is 12.5. The summed E-state index contributed by atoms with van der Waals surface area (Å²) in [4.78, 5) is 16.6. The van der Waals surface area contributed by atoms with E-state index in [0.717, 1.165) is 18.5 Å². The fraction of sp³-hybridized carbons (Fsp3) is 0.714. The second-order valence-corrected chi connectivity index (χ2v) is 8.65. The number of carbonyl (C=O) groups excluding carboxylic acids is 1. The Morgan fingerprint density at radius 3 is 2.78 bits per heavy atom. The molecule has 1 aliphatic heterocycles. The molecule has 1 atom stereocenters. The second-order valence-electron chi connectivity index (χ2n) is 6.51.